The fraction of sp³-hybridized carbons (Fsp3) is 0.857. The summed E-state index contributed by atoms with van der Waals surface area (Å²) < 4.78 is 0. The van der Waals surface area contributed by atoms with Crippen molar-refractivity contribution in [2.45, 2.75) is 13.3 Å². The van der Waals surface area contributed by atoms with Gasteiger partial charge in [0.05, 0.1) is 5.41 Å². The summed E-state index contributed by atoms with van der Waals surface area (Å²) in [4.78, 5) is 11.2. The van der Waals surface area contributed by atoms with Crippen LogP contribution in [0.1, 0.15) is 13.3 Å². The van der Waals surface area contributed by atoms with E-state index in [0.29, 0.717) is 0 Å². The van der Waals surface area contributed by atoms with E-state index in [0.717, 1.165) is 19.5 Å². The molecule has 1 rings (SSSR count). The lowest BCUT2D eigenvalue weighted by Crippen LogP contribution is -2.38. The Kier molecular flexibility index (Phi) is 1.94. The van der Waals surface area contributed by atoms with Crippen molar-refractivity contribution in [2.24, 2.45) is 5.41 Å². The van der Waals surface area contributed by atoms with Crippen molar-refractivity contribution in [2.75, 3.05) is 20.1 Å². The van der Waals surface area contributed by atoms with Crippen LogP contribution in [0.15, 0.2) is 0 Å². The average molecular weight is 142 g/mol. The minimum Gasteiger partial charge on any atom is -0.359 e. The number of hydrogen-bond donors (Lipinski definition) is 2. The monoisotopic (exact) mass is 142 g/mol. The zero-order valence-electron chi connectivity index (χ0n) is 6.53. The molecule has 1 saturated heterocycles. The summed E-state index contributed by atoms with van der Waals surface area (Å²) in [6.07, 6.45) is 0.951. The molecule has 1 aliphatic rings. The summed E-state index contributed by atoms with van der Waals surface area (Å²) in [5, 5.41) is 5.84. The predicted octanol–water partition coefficient (Wildman–Crippen LogP) is -0.268. The molecule has 0 aromatic carbocycles. The summed E-state index contributed by atoms with van der Waals surface area (Å²) in [5.74, 6) is 0.150. The number of carbonyl (C=O) groups excluding carboxylic acids is 1. The Labute approximate surface area is 61.2 Å². The summed E-state index contributed by atoms with van der Waals surface area (Å²) in [6.45, 7) is 3.77. The number of hydrogen-bond acceptors (Lipinski definition) is 2. The van der Waals surface area contributed by atoms with Gasteiger partial charge in [0.25, 0.3) is 0 Å². The number of carbonyl (C=O) groups is 1. The van der Waals surface area contributed by atoms with Gasteiger partial charge in [-0.1, -0.05) is 0 Å². The van der Waals surface area contributed by atoms with E-state index in [9.17, 15) is 4.79 Å². The molecule has 0 radical (unpaired) electrons. The SMILES string of the molecule is CNC(=O)[C@]1(C)CCNC1. The maximum atomic E-state index is 11.2. The third-order valence-corrected chi connectivity index (χ3v) is 2.14. The first kappa shape index (κ1) is 7.54. The number of nitrogens with one attached hydrogen (secondary N) is 2. The Morgan fingerprint density at radius 2 is 2.40 bits per heavy atom. The van der Waals surface area contributed by atoms with Gasteiger partial charge >= 0.3 is 0 Å². The van der Waals surface area contributed by atoms with Crippen molar-refractivity contribution in [3.8, 4) is 0 Å². The standard InChI is InChI=1S/C7H14N2O/c1-7(6(10)8-2)3-4-9-5-7/h9H,3-5H2,1-2H3,(H,8,10)/t7-/m1/s1. The van der Waals surface area contributed by atoms with Gasteiger partial charge in [-0.2, -0.15) is 0 Å². The minimum absolute atomic E-state index is 0.150. The first-order valence-corrected chi connectivity index (χ1v) is 3.62. The van der Waals surface area contributed by atoms with Gasteiger partial charge in [0.15, 0.2) is 0 Å². The van der Waals surface area contributed by atoms with E-state index in [1.165, 1.54) is 0 Å². The molecule has 2 N–H and O–H groups in total. The molecule has 0 saturated carbocycles. The highest BCUT2D eigenvalue weighted by Gasteiger charge is 2.35. The third kappa shape index (κ3) is 1.14. The fourth-order valence-corrected chi connectivity index (χ4v) is 1.31. The van der Waals surface area contributed by atoms with Gasteiger partial charge in [-0.3, -0.25) is 4.79 Å². The summed E-state index contributed by atoms with van der Waals surface area (Å²) >= 11 is 0. The van der Waals surface area contributed by atoms with Crippen LogP contribution in [-0.4, -0.2) is 26.0 Å². The Hall–Kier alpha value is -0.570. The van der Waals surface area contributed by atoms with Crippen molar-refractivity contribution < 1.29 is 4.79 Å². The molecule has 3 nitrogen and oxygen atoms in total. The normalized spacial score (nSPS) is 32.2. The molecular formula is C7H14N2O. The van der Waals surface area contributed by atoms with Crippen LogP contribution >= 0.6 is 0 Å². The van der Waals surface area contributed by atoms with E-state index < -0.39 is 0 Å². The Morgan fingerprint density at radius 1 is 1.70 bits per heavy atom. The van der Waals surface area contributed by atoms with Crippen molar-refractivity contribution in [1.82, 2.24) is 10.6 Å². The van der Waals surface area contributed by atoms with Gasteiger partial charge in [0, 0.05) is 13.6 Å². The molecule has 1 amide bonds. The van der Waals surface area contributed by atoms with Gasteiger partial charge in [-0.25, -0.2) is 0 Å². The van der Waals surface area contributed by atoms with E-state index in [-0.39, 0.29) is 11.3 Å². The summed E-state index contributed by atoms with van der Waals surface area (Å²) in [6, 6.07) is 0. The summed E-state index contributed by atoms with van der Waals surface area (Å²) in [5.41, 5.74) is -0.158. The first-order chi connectivity index (χ1) is 4.69. The molecule has 0 unspecified atom stereocenters. The maximum absolute atomic E-state index is 11.2. The van der Waals surface area contributed by atoms with E-state index in [2.05, 4.69) is 10.6 Å². The zero-order chi connectivity index (χ0) is 7.61. The molecule has 1 atom stereocenters. The second-order valence-corrected chi connectivity index (χ2v) is 3.07. The van der Waals surface area contributed by atoms with Crippen LogP contribution in [-0.2, 0) is 4.79 Å². The Balaban J connectivity index is 2.58. The van der Waals surface area contributed by atoms with Crippen molar-refractivity contribution in [1.29, 1.82) is 0 Å². The molecule has 0 spiro atoms. The van der Waals surface area contributed by atoms with E-state index in [1.807, 2.05) is 6.92 Å². The lowest BCUT2D eigenvalue weighted by Gasteiger charge is -2.19. The van der Waals surface area contributed by atoms with E-state index >= 15 is 0 Å². The summed E-state index contributed by atoms with van der Waals surface area (Å²) in [7, 11) is 1.69. The Bertz CT molecular complexity index is 139. The lowest BCUT2D eigenvalue weighted by molar-refractivity contribution is -0.128. The molecule has 0 bridgehead atoms. The van der Waals surface area contributed by atoms with Crippen LogP contribution in [0.2, 0.25) is 0 Å². The Morgan fingerprint density at radius 3 is 2.80 bits per heavy atom. The predicted molar refractivity (Wildman–Crippen MR) is 39.7 cm³/mol. The second-order valence-electron chi connectivity index (χ2n) is 3.07. The first-order valence-electron chi connectivity index (χ1n) is 3.62. The lowest BCUT2D eigenvalue weighted by atomic mass is 9.89. The molecule has 0 aromatic rings. The molecular weight excluding hydrogens is 128 g/mol. The van der Waals surface area contributed by atoms with Gasteiger partial charge in [-0.15, -0.1) is 0 Å². The van der Waals surface area contributed by atoms with E-state index in [1.54, 1.807) is 7.05 Å². The van der Waals surface area contributed by atoms with Gasteiger partial charge in [0.2, 0.25) is 5.91 Å². The molecule has 58 valence electrons. The largest absolute Gasteiger partial charge is 0.359 e. The van der Waals surface area contributed by atoms with Crippen LogP contribution in [0.5, 0.6) is 0 Å². The molecule has 3 heteroatoms. The van der Waals surface area contributed by atoms with Crippen LogP contribution < -0.4 is 10.6 Å². The van der Waals surface area contributed by atoms with Gasteiger partial charge in [-0.05, 0) is 19.9 Å². The molecule has 0 aliphatic carbocycles. The highest BCUT2D eigenvalue weighted by atomic mass is 16.2. The maximum Gasteiger partial charge on any atom is 0.227 e. The van der Waals surface area contributed by atoms with Crippen molar-refractivity contribution in [3.05, 3.63) is 0 Å². The zero-order valence-corrected chi connectivity index (χ0v) is 6.53. The van der Waals surface area contributed by atoms with Crippen LogP contribution in [0, 0.1) is 5.41 Å². The molecule has 1 heterocycles. The molecule has 1 aliphatic heterocycles. The second kappa shape index (κ2) is 2.58. The molecule has 1 fully saturated rings. The van der Waals surface area contributed by atoms with Crippen LogP contribution in [0.3, 0.4) is 0 Å². The number of amides is 1. The quantitative estimate of drug-likeness (QED) is 0.529. The average Bonchev–Trinajstić information content (AvgIpc) is 2.36. The highest BCUT2D eigenvalue weighted by molar-refractivity contribution is 5.82. The fourth-order valence-electron chi connectivity index (χ4n) is 1.31. The third-order valence-electron chi connectivity index (χ3n) is 2.14. The highest BCUT2D eigenvalue weighted by Crippen LogP contribution is 2.23. The minimum atomic E-state index is -0.158. The number of rotatable bonds is 1. The van der Waals surface area contributed by atoms with Gasteiger partial charge < -0.3 is 10.6 Å². The molecule has 0 aromatic heterocycles. The van der Waals surface area contributed by atoms with Crippen molar-refractivity contribution in [3.63, 3.8) is 0 Å². The smallest absolute Gasteiger partial charge is 0.227 e. The van der Waals surface area contributed by atoms with E-state index in [4.69, 9.17) is 0 Å². The van der Waals surface area contributed by atoms with Crippen LogP contribution in [0.4, 0.5) is 0 Å². The topological polar surface area (TPSA) is 41.1 Å². The van der Waals surface area contributed by atoms with Crippen LogP contribution in [0.25, 0.3) is 0 Å². The van der Waals surface area contributed by atoms with Crippen molar-refractivity contribution >= 4 is 5.91 Å². The molecule has 10 heavy (non-hydrogen) atoms. The van der Waals surface area contributed by atoms with Gasteiger partial charge in [0.1, 0.15) is 0 Å².